The van der Waals surface area contributed by atoms with Crippen molar-refractivity contribution in [2.45, 2.75) is 51.0 Å². The predicted molar refractivity (Wildman–Crippen MR) is 204 cm³/mol. The number of carboxylic acid groups (broad SMARTS) is 1. The van der Waals surface area contributed by atoms with Crippen LogP contribution in [0.15, 0.2) is 72.6 Å². The third-order valence-electron chi connectivity index (χ3n) is 11.7. The van der Waals surface area contributed by atoms with Crippen LogP contribution in [0.2, 0.25) is 0 Å². The Bertz CT molecular complexity index is 2100. The van der Waals surface area contributed by atoms with Crippen LogP contribution in [0.1, 0.15) is 37.8 Å². The molecule has 6 atom stereocenters. The number of aliphatic hydroxyl groups is 2. The Kier molecular flexibility index (Phi) is 12.3. The quantitative estimate of drug-likeness (QED) is 0.120. The summed E-state index contributed by atoms with van der Waals surface area (Å²) in [6.07, 6.45) is 0.672. The topological polar surface area (TPSA) is 195 Å². The molecule has 8 rings (SSSR count). The van der Waals surface area contributed by atoms with E-state index in [0.29, 0.717) is 55.7 Å². The summed E-state index contributed by atoms with van der Waals surface area (Å²) in [4.78, 5) is 82.9. The summed E-state index contributed by atoms with van der Waals surface area (Å²) in [6.45, 7) is 9.27. The second-order valence-corrected chi connectivity index (χ2v) is 15.1. The van der Waals surface area contributed by atoms with E-state index < -0.39 is 36.0 Å². The van der Waals surface area contributed by atoms with E-state index in [9.17, 15) is 44.1 Å². The Morgan fingerprint density at radius 1 is 0.741 bits per heavy atom. The molecule has 6 aliphatic rings. The number of ether oxygens (including phenoxy) is 1. The molecule has 16 nitrogen and oxygen atoms in total. The molecule has 2 aromatic rings. The van der Waals surface area contributed by atoms with Gasteiger partial charge in [0.2, 0.25) is 11.8 Å². The van der Waals surface area contributed by atoms with Gasteiger partial charge in [-0.15, -0.1) is 0 Å². The number of anilines is 2. The molecule has 0 aliphatic carbocycles. The van der Waals surface area contributed by atoms with Crippen LogP contribution in [0.3, 0.4) is 0 Å². The third-order valence-corrected chi connectivity index (χ3v) is 11.7. The summed E-state index contributed by atoms with van der Waals surface area (Å²) in [5, 5.41) is 31.5. The van der Waals surface area contributed by atoms with Gasteiger partial charge in [-0.3, -0.25) is 19.4 Å². The van der Waals surface area contributed by atoms with E-state index >= 15 is 0 Å². The number of nitrogens with zero attached hydrogens (tertiary/aromatic N) is 6. The number of carbonyl (C=O) groups is 6. The zero-order valence-electron chi connectivity index (χ0n) is 33.2. The molecule has 0 unspecified atom stereocenters. The molecule has 0 radical (unpaired) electrons. The van der Waals surface area contributed by atoms with Crippen molar-refractivity contribution in [2.24, 2.45) is 11.8 Å². The Balaban J connectivity index is 0.000000193. The number of carboxylic acids is 1. The minimum Gasteiger partial charge on any atom is -0.543 e. The zero-order valence-corrected chi connectivity index (χ0v) is 35.2. The number of urea groups is 2. The Labute approximate surface area is 357 Å². The van der Waals surface area contributed by atoms with Crippen LogP contribution in [0.4, 0.5) is 21.0 Å². The van der Waals surface area contributed by atoms with Crippen LogP contribution >= 0.6 is 0 Å². The standard InChI is InChI=1S/C22H25N3O5.C19H21N3O5.Na/c1-4-11-30-21(28)19-16(12-17-18(13(2)26)20(27)25(17)19)14-5-7-15(8-6-14)24-10-9-23(3)22(24)29;1-10(23)15-14-9-13(16(18(25)26)22(14)17(15)24)11-3-5-12(6-4-11)21-8-7-20(2)19(21)27;/h4-8,13,17-18,26H,1,9-12H2,2-3H3;3-6,10,14-15,23H,7-9H2,1-2H3,(H,25,26);/q;;+1/p-1/t13-,17-,18-;10-,14-,15-;/m11./s1. The summed E-state index contributed by atoms with van der Waals surface area (Å²) in [7, 11) is 3.51. The number of fused-ring (bicyclic) bond motifs is 2. The summed E-state index contributed by atoms with van der Waals surface area (Å²) in [6, 6.07) is 13.7. The van der Waals surface area contributed by atoms with Gasteiger partial charge >= 0.3 is 47.6 Å². The number of likely N-dealkylation sites (N-methyl/N-ethyl adjacent to an activating group) is 2. The van der Waals surface area contributed by atoms with Crippen LogP contribution in [0.25, 0.3) is 11.1 Å². The first-order valence-corrected chi connectivity index (χ1v) is 18.9. The summed E-state index contributed by atoms with van der Waals surface area (Å²) in [5.74, 6) is -3.74. The molecular weight excluding hydrogens is 759 g/mol. The number of amides is 6. The van der Waals surface area contributed by atoms with E-state index in [1.54, 1.807) is 64.9 Å². The minimum absolute atomic E-state index is 0. The fourth-order valence-electron chi connectivity index (χ4n) is 8.69. The molecule has 6 amide bonds. The van der Waals surface area contributed by atoms with Gasteiger partial charge in [-0.05, 0) is 73.2 Å². The monoisotopic (exact) mass is 804 g/mol. The van der Waals surface area contributed by atoms with Crippen LogP contribution in [0.5, 0.6) is 0 Å². The second-order valence-electron chi connectivity index (χ2n) is 15.1. The fourth-order valence-corrected chi connectivity index (χ4v) is 8.69. The normalized spacial score (nSPS) is 24.5. The Hall–Kier alpha value is -5.00. The van der Waals surface area contributed by atoms with E-state index in [1.807, 2.05) is 24.3 Å². The van der Waals surface area contributed by atoms with Gasteiger partial charge < -0.3 is 44.5 Å². The number of benzene rings is 2. The first kappa shape index (κ1) is 42.6. The van der Waals surface area contributed by atoms with Gasteiger partial charge in [0.1, 0.15) is 12.3 Å². The van der Waals surface area contributed by atoms with Crippen LogP contribution < -0.4 is 44.5 Å². The first-order chi connectivity index (χ1) is 27.2. The van der Waals surface area contributed by atoms with Crippen molar-refractivity contribution in [3.8, 4) is 0 Å². The van der Waals surface area contributed by atoms with E-state index in [1.165, 1.54) is 22.8 Å². The molecule has 6 heterocycles. The molecule has 2 aromatic carbocycles. The second kappa shape index (κ2) is 16.7. The van der Waals surface area contributed by atoms with Crippen molar-refractivity contribution in [3.05, 3.63) is 83.7 Å². The molecule has 4 saturated heterocycles. The number of aliphatic carboxylic acids is 1. The number of aliphatic hydroxyl groups excluding tert-OH is 2. The van der Waals surface area contributed by atoms with E-state index in [0.717, 1.165) is 16.9 Å². The summed E-state index contributed by atoms with van der Waals surface area (Å²) >= 11 is 0. The summed E-state index contributed by atoms with van der Waals surface area (Å²) < 4.78 is 5.22. The van der Waals surface area contributed by atoms with Crippen molar-refractivity contribution in [1.29, 1.82) is 0 Å². The van der Waals surface area contributed by atoms with Gasteiger partial charge in [0.15, 0.2) is 0 Å². The SMILES string of the molecule is C=CCOC(=O)C1=C(c2ccc(N3CCN(C)C3=O)cc2)C[C@@H]2[C@@H]([C@@H](C)O)C(=O)N12.C[C@@H](O)[C@H]1C(=O)N2C(C(=O)[O-])=C(c3ccc(N4CCN(C)C4=O)cc3)C[C@H]12.[Na+]. The van der Waals surface area contributed by atoms with Crippen molar-refractivity contribution >= 4 is 58.3 Å². The maximum atomic E-state index is 12.7. The molecule has 4 fully saturated rings. The molecule has 0 spiro atoms. The average Bonchev–Trinajstić information content (AvgIpc) is 3.91. The number of esters is 1. The van der Waals surface area contributed by atoms with Crippen molar-refractivity contribution in [2.75, 3.05) is 56.7 Å². The van der Waals surface area contributed by atoms with Crippen molar-refractivity contribution in [3.63, 3.8) is 0 Å². The van der Waals surface area contributed by atoms with Gasteiger partial charge in [-0.25, -0.2) is 14.4 Å². The van der Waals surface area contributed by atoms with Gasteiger partial charge in [-0.1, -0.05) is 36.9 Å². The maximum Gasteiger partial charge on any atom is 1.00 e. The number of carbonyl (C=O) groups excluding carboxylic acids is 6. The fraction of sp³-hybridized carbons (Fsp3) is 0.415. The molecular formula is C41H45N6NaO10. The van der Waals surface area contributed by atoms with Gasteiger partial charge in [0, 0.05) is 51.6 Å². The van der Waals surface area contributed by atoms with E-state index in [4.69, 9.17) is 4.74 Å². The van der Waals surface area contributed by atoms with Gasteiger partial charge in [-0.2, -0.15) is 0 Å². The Morgan fingerprint density at radius 3 is 1.48 bits per heavy atom. The van der Waals surface area contributed by atoms with Crippen molar-refractivity contribution < 1.29 is 78.4 Å². The smallest absolute Gasteiger partial charge is 0.543 e. The summed E-state index contributed by atoms with van der Waals surface area (Å²) in [5.41, 5.74) is 4.32. The molecule has 0 bridgehead atoms. The number of rotatable bonds is 10. The Morgan fingerprint density at radius 2 is 1.14 bits per heavy atom. The van der Waals surface area contributed by atoms with Crippen LogP contribution in [-0.4, -0.2) is 137 Å². The number of β-lactam (4-membered cyclic amide) rings is 2. The molecule has 58 heavy (non-hydrogen) atoms. The van der Waals surface area contributed by atoms with Gasteiger partial charge in [0.25, 0.3) is 0 Å². The van der Waals surface area contributed by atoms with E-state index in [-0.39, 0.29) is 83.5 Å². The number of hydrogen-bond donors (Lipinski definition) is 2. The molecule has 0 saturated carbocycles. The average molecular weight is 805 g/mol. The molecule has 0 aromatic heterocycles. The van der Waals surface area contributed by atoms with E-state index in [2.05, 4.69) is 6.58 Å². The first-order valence-electron chi connectivity index (χ1n) is 18.9. The molecule has 6 aliphatic heterocycles. The van der Waals surface area contributed by atoms with Gasteiger partial charge in [0.05, 0.1) is 47.8 Å². The molecule has 17 heteroatoms. The third kappa shape index (κ3) is 7.21. The largest absolute Gasteiger partial charge is 1.00 e. The number of hydrogen-bond acceptors (Lipinski definition) is 10. The minimum atomic E-state index is -1.40. The molecule has 2 N–H and O–H groups in total. The predicted octanol–water partition coefficient (Wildman–Crippen LogP) is -1.75. The van der Waals surface area contributed by atoms with Crippen LogP contribution in [-0.2, 0) is 23.9 Å². The van der Waals surface area contributed by atoms with Crippen LogP contribution in [0, 0.1) is 11.8 Å². The van der Waals surface area contributed by atoms with Crippen molar-refractivity contribution in [1.82, 2.24) is 19.6 Å². The zero-order chi connectivity index (χ0) is 41.0. The maximum absolute atomic E-state index is 12.7. The molecule has 300 valence electrons.